The summed E-state index contributed by atoms with van der Waals surface area (Å²) in [4.78, 5) is 0. The predicted molar refractivity (Wildman–Crippen MR) is 60.6 cm³/mol. The van der Waals surface area contributed by atoms with Crippen LogP contribution in [0.3, 0.4) is 0 Å². The summed E-state index contributed by atoms with van der Waals surface area (Å²) in [5, 5.41) is 0.842. The third-order valence-electron chi connectivity index (χ3n) is 3.18. The Balaban J connectivity index is 2.24. The molecule has 2 N–H and O–H groups in total. The molecule has 0 fully saturated rings. The van der Waals surface area contributed by atoms with Crippen molar-refractivity contribution in [3.05, 3.63) is 34.3 Å². The van der Waals surface area contributed by atoms with Gasteiger partial charge in [0.1, 0.15) is 0 Å². The van der Waals surface area contributed by atoms with E-state index in [0.717, 1.165) is 17.9 Å². The molecule has 0 radical (unpaired) electrons. The van der Waals surface area contributed by atoms with Crippen molar-refractivity contribution in [1.29, 1.82) is 0 Å². The van der Waals surface area contributed by atoms with E-state index in [1.165, 1.54) is 17.5 Å². The average Bonchev–Trinajstić information content (AvgIpc) is 2.16. The smallest absolute Gasteiger partial charge is 0.0408 e. The number of hydrogen-bond donors (Lipinski definition) is 1. The van der Waals surface area contributed by atoms with Crippen LogP contribution in [0.25, 0.3) is 0 Å². The van der Waals surface area contributed by atoms with Crippen molar-refractivity contribution in [2.45, 2.75) is 32.2 Å². The van der Waals surface area contributed by atoms with Crippen LogP contribution >= 0.6 is 11.6 Å². The molecular weight excluding hydrogens is 194 g/mol. The molecule has 2 heteroatoms. The summed E-state index contributed by atoms with van der Waals surface area (Å²) >= 11 is 5.97. The molecule has 1 aliphatic carbocycles. The topological polar surface area (TPSA) is 26.0 Å². The maximum absolute atomic E-state index is 5.97. The maximum Gasteiger partial charge on any atom is 0.0408 e. The van der Waals surface area contributed by atoms with Crippen molar-refractivity contribution in [2.75, 3.05) is 0 Å². The molecule has 0 amide bonds. The van der Waals surface area contributed by atoms with Gasteiger partial charge in [0, 0.05) is 11.1 Å². The number of fused-ring (bicyclic) bond motifs is 1. The fraction of sp³-hybridized carbons (Fsp3) is 0.500. The molecule has 1 aromatic carbocycles. The lowest BCUT2D eigenvalue weighted by Crippen LogP contribution is -2.31. The van der Waals surface area contributed by atoms with E-state index >= 15 is 0 Å². The molecular formula is C12H16ClN. The number of aryl methyl sites for hydroxylation is 1. The minimum Gasteiger partial charge on any atom is -0.328 e. The number of nitrogens with two attached hydrogens (primary N) is 1. The fourth-order valence-electron chi connectivity index (χ4n) is 2.20. The van der Waals surface area contributed by atoms with Crippen molar-refractivity contribution in [1.82, 2.24) is 0 Å². The van der Waals surface area contributed by atoms with Gasteiger partial charge in [-0.1, -0.05) is 17.7 Å². The van der Waals surface area contributed by atoms with Gasteiger partial charge in [-0.3, -0.25) is 0 Å². The number of halogens is 1. The van der Waals surface area contributed by atoms with Crippen LogP contribution in [0.5, 0.6) is 0 Å². The van der Waals surface area contributed by atoms with Crippen LogP contribution in [-0.2, 0) is 12.8 Å². The van der Waals surface area contributed by atoms with Gasteiger partial charge in [-0.25, -0.2) is 0 Å². The predicted octanol–water partition coefficient (Wildman–Crippen LogP) is 2.79. The van der Waals surface area contributed by atoms with Crippen LogP contribution in [0.15, 0.2) is 18.2 Å². The van der Waals surface area contributed by atoms with Crippen LogP contribution in [0.4, 0.5) is 0 Å². The van der Waals surface area contributed by atoms with Crippen LogP contribution in [-0.4, -0.2) is 6.04 Å². The van der Waals surface area contributed by atoms with Crippen LogP contribution in [0.1, 0.15) is 24.5 Å². The van der Waals surface area contributed by atoms with Gasteiger partial charge >= 0.3 is 0 Å². The highest BCUT2D eigenvalue weighted by atomic mass is 35.5. The molecule has 2 atom stereocenters. The van der Waals surface area contributed by atoms with Crippen molar-refractivity contribution in [3.8, 4) is 0 Å². The molecule has 0 aliphatic heterocycles. The zero-order valence-corrected chi connectivity index (χ0v) is 9.22. The second-order valence-corrected chi connectivity index (χ2v) is 4.71. The first-order valence-corrected chi connectivity index (χ1v) is 5.57. The molecule has 0 saturated heterocycles. The Bertz CT molecular complexity index is 333. The number of hydrogen-bond acceptors (Lipinski definition) is 1. The van der Waals surface area contributed by atoms with Gasteiger partial charge in [-0.15, -0.1) is 0 Å². The highest BCUT2D eigenvalue weighted by Gasteiger charge is 2.21. The molecule has 14 heavy (non-hydrogen) atoms. The van der Waals surface area contributed by atoms with Crippen molar-refractivity contribution in [3.63, 3.8) is 0 Å². The van der Waals surface area contributed by atoms with Gasteiger partial charge < -0.3 is 5.73 Å². The summed E-state index contributed by atoms with van der Waals surface area (Å²) in [6.07, 6.45) is 3.46. The van der Waals surface area contributed by atoms with E-state index in [0.29, 0.717) is 12.0 Å². The van der Waals surface area contributed by atoms with Gasteiger partial charge in [-0.05, 0) is 55.4 Å². The molecule has 0 bridgehead atoms. The lowest BCUT2D eigenvalue weighted by molar-refractivity contribution is 0.393. The zero-order chi connectivity index (χ0) is 10.1. The Kier molecular flexibility index (Phi) is 2.80. The number of benzene rings is 1. The Morgan fingerprint density at radius 2 is 2.21 bits per heavy atom. The molecule has 0 heterocycles. The van der Waals surface area contributed by atoms with E-state index in [9.17, 15) is 0 Å². The highest BCUT2D eigenvalue weighted by molar-refractivity contribution is 6.30. The van der Waals surface area contributed by atoms with E-state index in [1.54, 1.807) is 0 Å². The minimum atomic E-state index is 0.294. The fourth-order valence-corrected chi connectivity index (χ4v) is 2.40. The Morgan fingerprint density at radius 3 is 2.93 bits per heavy atom. The second kappa shape index (κ2) is 3.92. The van der Waals surface area contributed by atoms with E-state index in [2.05, 4.69) is 19.1 Å². The van der Waals surface area contributed by atoms with Gasteiger partial charge in [-0.2, -0.15) is 0 Å². The summed E-state index contributed by atoms with van der Waals surface area (Å²) in [5.41, 5.74) is 8.77. The third-order valence-corrected chi connectivity index (χ3v) is 3.41. The molecule has 1 nitrogen and oxygen atoms in total. The molecule has 0 spiro atoms. The van der Waals surface area contributed by atoms with E-state index in [-0.39, 0.29) is 0 Å². The largest absolute Gasteiger partial charge is 0.328 e. The monoisotopic (exact) mass is 209 g/mol. The summed E-state index contributed by atoms with van der Waals surface area (Å²) < 4.78 is 0. The summed E-state index contributed by atoms with van der Waals surface area (Å²) in [7, 11) is 0. The molecule has 76 valence electrons. The van der Waals surface area contributed by atoms with Gasteiger partial charge in [0.25, 0.3) is 0 Å². The first-order chi connectivity index (χ1) is 6.66. The summed E-state index contributed by atoms with van der Waals surface area (Å²) in [6, 6.07) is 6.51. The standard InChI is InChI=1S/C12H16ClN/c1-8(14)10-3-2-9-4-5-12(13)7-11(9)6-10/h4-5,7-8,10H,2-3,6,14H2,1H3. The van der Waals surface area contributed by atoms with Crippen LogP contribution < -0.4 is 5.73 Å². The molecule has 2 unspecified atom stereocenters. The molecule has 0 saturated carbocycles. The molecule has 2 rings (SSSR count). The normalized spacial score (nSPS) is 22.9. The molecule has 1 aliphatic rings. The maximum atomic E-state index is 5.97. The van der Waals surface area contributed by atoms with E-state index < -0.39 is 0 Å². The average molecular weight is 210 g/mol. The first kappa shape index (κ1) is 10.0. The molecule has 1 aromatic rings. The van der Waals surface area contributed by atoms with Crippen molar-refractivity contribution in [2.24, 2.45) is 11.7 Å². The lowest BCUT2D eigenvalue weighted by atomic mass is 9.81. The number of rotatable bonds is 1. The minimum absolute atomic E-state index is 0.294. The third kappa shape index (κ3) is 1.94. The second-order valence-electron chi connectivity index (χ2n) is 4.28. The zero-order valence-electron chi connectivity index (χ0n) is 8.46. The van der Waals surface area contributed by atoms with Crippen molar-refractivity contribution < 1.29 is 0 Å². The van der Waals surface area contributed by atoms with Gasteiger partial charge in [0.05, 0.1) is 0 Å². The first-order valence-electron chi connectivity index (χ1n) is 5.19. The van der Waals surface area contributed by atoms with Crippen molar-refractivity contribution >= 4 is 11.6 Å². The summed E-state index contributed by atoms with van der Waals surface area (Å²) in [6.45, 7) is 2.10. The Hall–Kier alpha value is -0.530. The molecule has 0 aromatic heterocycles. The Labute approximate surface area is 90.3 Å². The quantitative estimate of drug-likeness (QED) is 0.757. The highest BCUT2D eigenvalue weighted by Crippen LogP contribution is 2.28. The van der Waals surface area contributed by atoms with Crippen LogP contribution in [0, 0.1) is 5.92 Å². The van der Waals surface area contributed by atoms with E-state index in [4.69, 9.17) is 17.3 Å². The lowest BCUT2D eigenvalue weighted by Gasteiger charge is -2.27. The summed E-state index contributed by atoms with van der Waals surface area (Å²) in [5.74, 6) is 0.626. The SMILES string of the molecule is CC(N)C1CCc2ccc(Cl)cc2C1. The van der Waals surface area contributed by atoms with Gasteiger partial charge in [0.2, 0.25) is 0 Å². The van der Waals surface area contributed by atoms with E-state index in [1.807, 2.05) is 6.07 Å². The Morgan fingerprint density at radius 1 is 1.43 bits per heavy atom. The van der Waals surface area contributed by atoms with Crippen LogP contribution in [0.2, 0.25) is 5.02 Å². The van der Waals surface area contributed by atoms with Gasteiger partial charge in [0.15, 0.2) is 0 Å².